The lowest BCUT2D eigenvalue weighted by atomic mass is 9.78. The predicted octanol–water partition coefficient (Wildman–Crippen LogP) is 3.29. The summed E-state index contributed by atoms with van der Waals surface area (Å²) in [6.45, 7) is 2.22. The van der Waals surface area contributed by atoms with Crippen molar-refractivity contribution in [3.05, 3.63) is 23.8 Å². The second-order valence-corrected chi connectivity index (χ2v) is 5.29. The lowest BCUT2D eigenvalue weighted by Gasteiger charge is -2.26. The molecule has 98 valence electrons. The summed E-state index contributed by atoms with van der Waals surface area (Å²) in [5.74, 6) is 1.68. The van der Waals surface area contributed by atoms with Crippen molar-refractivity contribution in [1.82, 2.24) is 0 Å². The average molecular weight is 247 g/mol. The fourth-order valence-corrected chi connectivity index (χ4v) is 2.78. The highest BCUT2D eigenvalue weighted by Gasteiger charge is 2.26. The minimum absolute atomic E-state index is 0.143. The van der Waals surface area contributed by atoms with Crippen LogP contribution in [0.4, 0.5) is 5.69 Å². The van der Waals surface area contributed by atoms with E-state index in [9.17, 15) is 4.79 Å². The van der Waals surface area contributed by atoms with Gasteiger partial charge in [0.25, 0.3) is 0 Å². The van der Waals surface area contributed by atoms with Crippen LogP contribution in [-0.2, 0) is 0 Å². The Morgan fingerprint density at radius 1 is 1.39 bits per heavy atom. The lowest BCUT2D eigenvalue weighted by Crippen LogP contribution is -2.22. The summed E-state index contributed by atoms with van der Waals surface area (Å²) in [7, 11) is 1.60. The van der Waals surface area contributed by atoms with Gasteiger partial charge in [0, 0.05) is 23.2 Å². The van der Waals surface area contributed by atoms with Gasteiger partial charge in [-0.3, -0.25) is 4.79 Å². The van der Waals surface area contributed by atoms with E-state index in [4.69, 9.17) is 10.5 Å². The molecule has 2 rings (SSSR count). The molecule has 3 heteroatoms. The van der Waals surface area contributed by atoms with Crippen LogP contribution in [0.5, 0.6) is 5.75 Å². The molecular formula is C15H21NO2. The van der Waals surface area contributed by atoms with E-state index in [1.54, 1.807) is 25.3 Å². The zero-order valence-corrected chi connectivity index (χ0v) is 11.1. The van der Waals surface area contributed by atoms with E-state index < -0.39 is 0 Å². The maximum absolute atomic E-state index is 12.4. The largest absolute Gasteiger partial charge is 0.497 e. The Labute approximate surface area is 108 Å². The van der Waals surface area contributed by atoms with Crippen molar-refractivity contribution in [2.45, 2.75) is 32.6 Å². The number of carbonyl (C=O) groups is 1. The maximum atomic E-state index is 12.4. The predicted molar refractivity (Wildman–Crippen MR) is 72.9 cm³/mol. The number of methoxy groups -OCH3 is 1. The van der Waals surface area contributed by atoms with Crippen LogP contribution in [0.2, 0.25) is 0 Å². The number of anilines is 1. The van der Waals surface area contributed by atoms with Crippen LogP contribution in [0.15, 0.2) is 18.2 Å². The fourth-order valence-electron chi connectivity index (χ4n) is 2.78. The first-order chi connectivity index (χ1) is 8.61. The molecule has 0 radical (unpaired) electrons. The van der Waals surface area contributed by atoms with Gasteiger partial charge in [-0.2, -0.15) is 0 Å². The van der Waals surface area contributed by atoms with Gasteiger partial charge in [-0.05, 0) is 30.9 Å². The third-order valence-corrected chi connectivity index (χ3v) is 3.83. The molecule has 18 heavy (non-hydrogen) atoms. The molecule has 1 aromatic rings. The number of benzene rings is 1. The summed E-state index contributed by atoms with van der Waals surface area (Å²) in [6.07, 6.45) is 4.37. The van der Waals surface area contributed by atoms with Gasteiger partial charge >= 0.3 is 0 Å². The van der Waals surface area contributed by atoms with Crippen molar-refractivity contribution in [2.24, 2.45) is 11.8 Å². The van der Waals surface area contributed by atoms with Gasteiger partial charge in [0.05, 0.1) is 7.11 Å². The summed E-state index contributed by atoms with van der Waals surface area (Å²) < 4.78 is 5.10. The van der Waals surface area contributed by atoms with Crippen LogP contribution < -0.4 is 10.5 Å². The Morgan fingerprint density at radius 2 is 2.17 bits per heavy atom. The zero-order chi connectivity index (χ0) is 13.1. The van der Waals surface area contributed by atoms with Gasteiger partial charge in [-0.1, -0.05) is 19.8 Å². The van der Waals surface area contributed by atoms with Gasteiger partial charge in [-0.25, -0.2) is 0 Å². The number of hydrogen-bond donors (Lipinski definition) is 1. The molecule has 0 bridgehead atoms. The van der Waals surface area contributed by atoms with Gasteiger partial charge in [-0.15, -0.1) is 0 Å². The highest BCUT2D eigenvalue weighted by molar-refractivity contribution is 6.02. The normalized spacial score (nSPS) is 23.7. The van der Waals surface area contributed by atoms with E-state index >= 15 is 0 Å². The van der Waals surface area contributed by atoms with Crippen LogP contribution in [0.1, 0.15) is 43.0 Å². The van der Waals surface area contributed by atoms with Crippen LogP contribution in [0.25, 0.3) is 0 Å². The quantitative estimate of drug-likeness (QED) is 0.658. The molecule has 0 amide bonds. The molecule has 0 aromatic heterocycles. The summed E-state index contributed by atoms with van der Waals surface area (Å²) in [6, 6.07) is 5.31. The molecule has 2 atom stereocenters. The Kier molecular flexibility index (Phi) is 3.90. The van der Waals surface area contributed by atoms with Crippen molar-refractivity contribution in [3.8, 4) is 5.75 Å². The lowest BCUT2D eigenvalue weighted by molar-refractivity contribution is 0.0869. The van der Waals surface area contributed by atoms with Crippen LogP contribution >= 0.6 is 0 Å². The highest BCUT2D eigenvalue weighted by Crippen LogP contribution is 2.32. The third kappa shape index (κ3) is 2.66. The van der Waals surface area contributed by atoms with E-state index in [0.29, 0.717) is 22.9 Å². The average Bonchev–Trinajstić information content (AvgIpc) is 2.37. The number of ether oxygens (including phenoxy) is 1. The van der Waals surface area contributed by atoms with E-state index in [-0.39, 0.29) is 11.7 Å². The number of ketones is 1. The Balaban J connectivity index is 2.17. The number of Topliss-reactive ketones (excluding diaryl/α,β-unsaturated/α-hetero) is 1. The topological polar surface area (TPSA) is 52.3 Å². The molecule has 1 saturated carbocycles. The maximum Gasteiger partial charge on any atom is 0.168 e. The molecule has 2 N–H and O–H groups in total. The molecule has 1 fully saturated rings. The van der Waals surface area contributed by atoms with Crippen LogP contribution in [-0.4, -0.2) is 12.9 Å². The first-order valence-corrected chi connectivity index (χ1v) is 6.59. The van der Waals surface area contributed by atoms with E-state index in [1.807, 2.05) is 0 Å². The van der Waals surface area contributed by atoms with Gasteiger partial charge in [0.2, 0.25) is 0 Å². The number of hydrogen-bond acceptors (Lipinski definition) is 3. The van der Waals surface area contributed by atoms with Crippen molar-refractivity contribution >= 4 is 11.5 Å². The van der Waals surface area contributed by atoms with Crippen molar-refractivity contribution in [1.29, 1.82) is 0 Å². The van der Waals surface area contributed by atoms with Crippen LogP contribution in [0, 0.1) is 11.8 Å². The fraction of sp³-hybridized carbons (Fsp3) is 0.533. The second-order valence-electron chi connectivity index (χ2n) is 5.29. The molecule has 1 aliphatic carbocycles. The SMILES string of the molecule is COc1ccc(C(=O)C2CCCC(C)C2)c(N)c1. The smallest absolute Gasteiger partial charge is 0.168 e. The minimum atomic E-state index is 0.143. The molecule has 0 aliphatic heterocycles. The molecule has 3 nitrogen and oxygen atoms in total. The van der Waals surface area contributed by atoms with Crippen molar-refractivity contribution < 1.29 is 9.53 Å². The van der Waals surface area contributed by atoms with Crippen molar-refractivity contribution in [2.75, 3.05) is 12.8 Å². The number of nitrogen functional groups attached to an aromatic ring is 1. The molecule has 0 heterocycles. The Hall–Kier alpha value is -1.51. The zero-order valence-electron chi connectivity index (χ0n) is 11.1. The molecule has 1 aromatic carbocycles. The minimum Gasteiger partial charge on any atom is -0.497 e. The number of nitrogens with two attached hydrogens (primary N) is 1. The highest BCUT2D eigenvalue weighted by atomic mass is 16.5. The monoisotopic (exact) mass is 247 g/mol. The van der Waals surface area contributed by atoms with Gasteiger partial charge < -0.3 is 10.5 Å². The van der Waals surface area contributed by atoms with E-state index in [2.05, 4.69) is 6.92 Å². The van der Waals surface area contributed by atoms with Crippen LogP contribution in [0.3, 0.4) is 0 Å². The van der Waals surface area contributed by atoms with Crippen molar-refractivity contribution in [3.63, 3.8) is 0 Å². The molecule has 0 spiro atoms. The Bertz CT molecular complexity index is 442. The van der Waals surface area contributed by atoms with Gasteiger partial charge in [0.1, 0.15) is 5.75 Å². The van der Waals surface area contributed by atoms with E-state index in [0.717, 1.165) is 19.3 Å². The third-order valence-electron chi connectivity index (χ3n) is 3.83. The first-order valence-electron chi connectivity index (χ1n) is 6.59. The second kappa shape index (κ2) is 5.42. The number of rotatable bonds is 3. The van der Waals surface area contributed by atoms with E-state index in [1.165, 1.54) is 6.42 Å². The standard InChI is InChI=1S/C15H21NO2/c1-10-4-3-5-11(8-10)15(17)13-7-6-12(18-2)9-14(13)16/h6-7,9-11H,3-5,8,16H2,1-2H3. The summed E-state index contributed by atoms with van der Waals surface area (Å²) in [5, 5.41) is 0. The molecular weight excluding hydrogens is 226 g/mol. The first kappa shape index (κ1) is 12.9. The summed E-state index contributed by atoms with van der Waals surface area (Å²) in [5.41, 5.74) is 7.11. The Morgan fingerprint density at radius 3 is 2.78 bits per heavy atom. The molecule has 2 unspecified atom stereocenters. The number of carbonyl (C=O) groups excluding carboxylic acids is 1. The molecule has 1 aliphatic rings. The molecule has 0 saturated heterocycles. The van der Waals surface area contributed by atoms with Gasteiger partial charge in [0.15, 0.2) is 5.78 Å². The summed E-state index contributed by atoms with van der Waals surface area (Å²) >= 11 is 0. The summed E-state index contributed by atoms with van der Waals surface area (Å²) in [4.78, 5) is 12.4.